The van der Waals surface area contributed by atoms with Crippen LogP contribution in [0.15, 0.2) is 47.0 Å². The van der Waals surface area contributed by atoms with Crippen molar-refractivity contribution in [2.24, 2.45) is 4.58 Å². The largest absolute Gasteiger partial charge is 0.481 e. The highest BCUT2D eigenvalue weighted by Gasteiger charge is 2.40. The molecule has 2 aromatic carbocycles. The Bertz CT molecular complexity index is 1390. The van der Waals surface area contributed by atoms with Gasteiger partial charge in [-0.1, -0.05) is 47.5 Å². The molecule has 0 saturated carbocycles. The molecule has 2 aromatic rings. The van der Waals surface area contributed by atoms with Crippen molar-refractivity contribution >= 4 is 70.4 Å². The van der Waals surface area contributed by atoms with Gasteiger partial charge >= 0.3 is 23.9 Å². The summed E-state index contributed by atoms with van der Waals surface area (Å²) in [5, 5.41) is 48.0. The minimum Gasteiger partial charge on any atom is -0.481 e. The number of anilines is 2. The monoisotopic (exact) mass is 716 g/mol. The average Bonchev–Trinajstić information content (AvgIpc) is 2.96. The number of carbonyl (C=O) groups is 4. The van der Waals surface area contributed by atoms with Crippen molar-refractivity contribution in [1.29, 1.82) is 0 Å². The molecule has 1 aliphatic rings. The van der Waals surface area contributed by atoms with E-state index in [4.69, 9.17) is 43.6 Å². The Morgan fingerprint density at radius 2 is 1.43 bits per heavy atom. The zero-order chi connectivity index (χ0) is 35.4. The van der Waals surface area contributed by atoms with Gasteiger partial charge in [-0.05, 0) is 50.6 Å². The lowest BCUT2D eigenvalue weighted by Crippen LogP contribution is -2.50. The zero-order valence-corrected chi connectivity index (χ0v) is 28.1. The number of piperazine rings is 1. The maximum absolute atomic E-state index is 12.2. The summed E-state index contributed by atoms with van der Waals surface area (Å²) in [5.74, 6) is -6.55. The minimum atomic E-state index is -2.74. The zero-order valence-electron chi connectivity index (χ0n) is 25.8. The fourth-order valence-electron chi connectivity index (χ4n) is 4.94. The Morgan fingerprint density at radius 3 is 1.91 bits per heavy atom. The van der Waals surface area contributed by atoms with E-state index in [1.807, 2.05) is 38.1 Å². The number of hydrogen-bond acceptors (Lipinski definition) is 11. The van der Waals surface area contributed by atoms with Crippen molar-refractivity contribution in [2.45, 2.75) is 49.4 Å². The summed E-state index contributed by atoms with van der Waals surface area (Å²) in [6.45, 7) is 8.98. The van der Waals surface area contributed by atoms with Crippen molar-refractivity contribution < 1.29 is 44.7 Å². The SMILES string of the molecule is CC(C)(CN1CCN(CCC(C(=O)O)c2ccccc2Nc2c(Cl)cccc2Cl)CC1)SN=O.O=C(O)CC(O)(CC(=O)O)C(=O)O. The fourth-order valence-corrected chi connectivity index (χ4v) is 5.88. The average molecular weight is 718 g/mol. The van der Waals surface area contributed by atoms with Crippen LogP contribution in [0.25, 0.3) is 0 Å². The second-order valence-corrected chi connectivity index (χ2v) is 13.8. The first-order valence-electron chi connectivity index (χ1n) is 14.4. The fraction of sp³-hybridized carbons (Fsp3) is 0.467. The Labute approximate surface area is 285 Å². The van der Waals surface area contributed by atoms with E-state index in [9.17, 15) is 29.2 Å². The van der Waals surface area contributed by atoms with Crippen LogP contribution < -0.4 is 5.32 Å². The molecular weight excluding hydrogens is 679 g/mol. The van der Waals surface area contributed by atoms with Crippen LogP contribution in [0.2, 0.25) is 10.0 Å². The van der Waals surface area contributed by atoms with E-state index in [-0.39, 0.29) is 4.75 Å². The predicted molar refractivity (Wildman–Crippen MR) is 179 cm³/mol. The molecule has 14 nitrogen and oxygen atoms in total. The molecule has 0 amide bonds. The number of aliphatic carboxylic acids is 4. The van der Waals surface area contributed by atoms with Gasteiger partial charge in [-0.2, -0.15) is 0 Å². The quantitative estimate of drug-likeness (QED) is 0.101. The third-order valence-corrected chi connectivity index (χ3v) is 8.56. The molecule has 1 unspecified atom stereocenters. The van der Waals surface area contributed by atoms with Gasteiger partial charge in [0.05, 0.1) is 34.5 Å². The Hall–Kier alpha value is -3.47. The van der Waals surface area contributed by atoms with Crippen LogP contribution in [-0.2, 0) is 19.2 Å². The van der Waals surface area contributed by atoms with Crippen LogP contribution in [-0.4, -0.2) is 109 Å². The summed E-state index contributed by atoms with van der Waals surface area (Å²) >= 11 is 13.7. The molecule has 0 bridgehead atoms. The summed E-state index contributed by atoms with van der Waals surface area (Å²) in [6, 6.07) is 12.6. The number of halogens is 2. The van der Waals surface area contributed by atoms with E-state index in [2.05, 4.69) is 19.7 Å². The number of nitrogens with zero attached hydrogens (tertiary/aromatic N) is 3. The smallest absolute Gasteiger partial charge is 0.336 e. The first-order chi connectivity index (χ1) is 22.0. The molecule has 3 rings (SSSR count). The van der Waals surface area contributed by atoms with Crippen molar-refractivity contribution in [3.63, 3.8) is 0 Å². The number of nitroso groups, excluding NO2 is 1. The maximum Gasteiger partial charge on any atom is 0.336 e. The van der Waals surface area contributed by atoms with Crippen molar-refractivity contribution in [3.8, 4) is 0 Å². The molecule has 6 N–H and O–H groups in total. The number of carboxylic acid groups (broad SMARTS) is 4. The summed E-state index contributed by atoms with van der Waals surface area (Å²) in [6.07, 6.45) is -1.80. The molecule has 1 saturated heterocycles. The molecule has 0 spiro atoms. The van der Waals surface area contributed by atoms with Crippen LogP contribution in [0.1, 0.15) is 44.6 Å². The van der Waals surface area contributed by atoms with Crippen LogP contribution >= 0.6 is 35.1 Å². The standard InChI is InChI=1S/C24H30Cl2N4O3S.C6H8O7/c1-24(2,34-28-33)16-30-14-12-29(13-15-30)11-10-18(23(31)32)17-6-3-4-9-21(17)27-22-19(25)7-5-8-20(22)26;7-3(8)1-6(13,5(11)12)2-4(9)10/h3-9,18,27H,10-16H2,1-2H3,(H,31,32);13H,1-2H2,(H,7,8)(H,9,10)(H,11,12). The van der Waals surface area contributed by atoms with E-state index in [0.717, 1.165) is 44.7 Å². The summed E-state index contributed by atoms with van der Waals surface area (Å²) in [5.41, 5.74) is -0.801. The van der Waals surface area contributed by atoms with E-state index in [1.165, 1.54) is 0 Å². The molecule has 1 heterocycles. The molecule has 258 valence electrons. The third-order valence-electron chi connectivity index (χ3n) is 7.23. The van der Waals surface area contributed by atoms with Gasteiger partial charge < -0.3 is 35.7 Å². The molecule has 0 aromatic heterocycles. The number of aliphatic hydroxyl groups is 1. The Balaban J connectivity index is 0.000000500. The van der Waals surface area contributed by atoms with Gasteiger partial charge in [-0.3, -0.25) is 19.3 Å². The minimum absolute atomic E-state index is 0.223. The van der Waals surface area contributed by atoms with Gasteiger partial charge in [0.2, 0.25) is 0 Å². The maximum atomic E-state index is 12.2. The molecule has 47 heavy (non-hydrogen) atoms. The van der Waals surface area contributed by atoms with E-state index >= 15 is 0 Å². The second-order valence-electron chi connectivity index (χ2n) is 11.5. The van der Waals surface area contributed by atoms with Gasteiger partial charge in [0.15, 0.2) is 5.60 Å². The van der Waals surface area contributed by atoms with E-state index in [1.54, 1.807) is 18.2 Å². The highest BCUT2D eigenvalue weighted by molar-refractivity contribution is 7.99. The lowest BCUT2D eigenvalue weighted by molar-refractivity contribution is -0.170. The molecule has 1 aliphatic heterocycles. The van der Waals surface area contributed by atoms with Crippen LogP contribution in [0.3, 0.4) is 0 Å². The second kappa shape index (κ2) is 18.2. The molecule has 17 heteroatoms. The van der Waals surface area contributed by atoms with Crippen molar-refractivity contribution in [3.05, 3.63) is 63.0 Å². The van der Waals surface area contributed by atoms with E-state index in [0.29, 0.717) is 39.9 Å². The van der Waals surface area contributed by atoms with Gasteiger partial charge in [0.25, 0.3) is 0 Å². The van der Waals surface area contributed by atoms with Crippen LogP contribution in [0, 0.1) is 4.91 Å². The summed E-state index contributed by atoms with van der Waals surface area (Å²) in [4.78, 5) is 58.0. The number of nitrogens with one attached hydrogen (secondary N) is 1. The van der Waals surface area contributed by atoms with Crippen molar-refractivity contribution in [2.75, 3.05) is 44.6 Å². The first kappa shape index (κ1) is 39.7. The van der Waals surface area contributed by atoms with E-state index < -0.39 is 48.2 Å². The number of para-hydroxylation sites is 2. The Morgan fingerprint density at radius 1 is 0.894 bits per heavy atom. The van der Waals surface area contributed by atoms with Crippen LogP contribution in [0.5, 0.6) is 0 Å². The molecule has 0 aliphatic carbocycles. The summed E-state index contributed by atoms with van der Waals surface area (Å²) < 4.78 is 2.76. The summed E-state index contributed by atoms with van der Waals surface area (Å²) in [7, 11) is 0. The highest BCUT2D eigenvalue weighted by Crippen LogP contribution is 2.36. The van der Waals surface area contributed by atoms with Gasteiger partial charge in [0, 0.05) is 59.7 Å². The number of carboxylic acids is 4. The Kier molecular flexibility index (Phi) is 15.4. The topological polar surface area (TPSA) is 217 Å². The van der Waals surface area contributed by atoms with Gasteiger partial charge in [-0.25, -0.2) is 4.79 Å². The van der Waals surface area contributed by atoms with Crippen LogP contribution in [0.4, 0.5) is 11.4 Å². The molecule has 1 fully saturated rings. The number of benzene rings is 2. The van der Waals surface area contributed by atoms with Gasteiger partial charge in [-0.15, -0.1) is 4.91 Å². The highest BCUT2D eigenvalue weighted by atomic mass is 35.5. The molecular formula is C30H38Cl2N4O10S. The number of rotatable bonds is 16. The first-order valence-corrected chi connectivity index (χ1v) is 15.9. The third kappa shape index (κ3) is 12.9. The molecule has 1 atom stereocenters. The van der Waals surface area contributed by atoms with Crippen molar-refractivity contribution in [1.82, 2.24) is 9.80 Å². The normalized spacial score (nSPS) is 14.7. The predicted octanol–water partition coefficient (Wildman–Crippen LogP) is 4.86. The lowest BCUT2D eigenvalue weighted by atomic mass is 9.93. The lowest BCUT2D eigenvalue weighted by Gasteiger charge is -2.38. The number of hydrogen-bond donors (Lipinski definition) is 6. The molecule has 0 radical (unpaired) electrons. The van der Waals surface area contributed by atoms with Gasteiger partial charge in [0.1, 0.15) is 0 Å².